The van der Waals surface area contributed by atoms with Gasteiger partial charge in [0, 0.05) is 31.8 Å². The van der Waals surface area contributed by atoms with E-state index in [1.807, 2.05) is 25.1 Å². The van der Waals surface area contributed by atoms with Gasteiger partial charge in [0.1, 0.15) is 5.75 Å². The van der Waals surface area contributed by atoms with E-state index in [-0.39, 0.29) is 24.0 Å². The number of hydrogen-bond acceptors (Lipinski definition) is 5. The SMILES string of the molecule is CCCS(=O)(=O)N1CC[C@@H](CC(=O)O)[C@@H](CC2=NCCc3cc(OC)ccc32)C1. The topological polar surface area (TPSA) is 96.3 Å². The van der Waals surface area contributed by atoms with Gasteiger partial charge in [-0.3, -0.25) is 9.79 Å². The lowest BCUT2D eigenvalue weighted by Crippen LogP contribution is -2.45. The van der Waals surface area contributed by atoms with Crippen LogP contribution in [0, 0.1) is 11.8 Å². The lowest BCUT2D eigenvalue weighted by molar-refractivity contribution is -0.138. The van der Waals surface area contributed by atoms with Gasteiger partial charge < -0.3 is 9.84 Å². The van der Waals surface area contributed by atoms with E-state index in [1.165, 1.54) is 5.56 Å². The number of carboxylic acid groups (broad SMARTS) is 1. The Morgan fingerprint density at radius 1 is 1.34 bits per heavy atom. The average molecular weight is 423 g/mol. The molecule has 2 aliphatic heterocycles. The molecule has 1 N–H and O–H groups in total. The third-order valence-electron chi connectivity index (χ3n) is 5.91. The molecule has 3 rings (SSSR count). The molecule has 0 spiro atoms. The normalized spacial score (nSPS) is 22.6. The number of ether oxygens (including phenoxy) is 1. The van der Waals surface area contributed by atoms with Crippen molar-refractivity contribution in [1.29, 1.82) is 0 Å². The summed E-state index contributed by atoms with van der Waals surface area (Å²) in [6, 6.07) is 5.94. The fraction of sp³-hybridized carbons (Fsp3) is 0.619. The van der Waals surface area contributed by atoms with E-state index in [0.717, 1.165) is 23.4 Å². The molecule has 1 saturated heterocycles. The molecule has 1 aromatic rings. The van der Waals surface area contributed by atoms with E-state index in [4.69, 9.17) is 9.73 Å². The molecule has 2 heterocycles. The van der Waals surface area contributed by atoms with Crippen LogP contribution in [0.4, 0.5) is 0 Å². The number of nitrogens with zero attached hydrogens (tertiary/aromatic N) is 2. The summed E-state index contributed by atoms with van der Waals surface area (Å²) in [5.41, 5.74) is 3.19. The zero-order valence-corrected chi connectivity index (χ0v) is 18.0. The minimum Gasteiger partial charge on any atom is -0.497 e. The summed E-state index contributed by atoms with van der Waals surface area (Å²) in [5, 5.41) is 9.34. The fourth-order valence-electron chi connectivity index (χ4n) is 4.42. The summed E-state index contributed by atoms with van der Waals surface area (Å²) < 4.78 is 32.0. The molecule has 1 aromatic carbocycles. The van der Waals surface area contributed by atoms with Gasteiger partial charge >= 0.3 is 5.97 Å². The van der Waals surface area contributed by atoms with Crippen molar-refractivity contribution >= 4 is 21.7 Å². The number of rotatable bonds is 8. The van der Waals surface area contributed by atoms with Crippen LogP contribution in [0.5, 0.6) is 5.75 Å². The van der Waals surface area contributed by atoms with Gasteiger partial charge in [0.05, 0.1) is 12.9 Å². The Kier molecular flexibility index (Phi) is 6.95. The van der Waals surface area contributed by atoms with Gasteiger partial charge in [0.25, 0.3) is 0 Å². The lowest BCUT2D eigenvalue weighted by atomic mass is 9.79. The van der Waals surface area contributed by atoms with Gasteiger partial charge in [0.15, 0.2) is 0 Å². The predicted molar refractivity (Wildman–Crippen MR) is 112 cm³/mol. The maximum absolute atomic E-state index is 12.6. The summed E-state index contributed by atoms with van der Waals surface area (Å²) in [5.74, 6) is 0.00130. The van der Waals surface area contributed by atoms with E-state index >= 15 is 0 Å². The highest BCUT2D eigenvalue weighted by Crippen LogP contribution is 2.33. The fourth-order valence-corrected chi connectivity index (χ4v) is 5.99. The molecule has 8 heteroatoms. The highest BCUT2D eigenvalue weighted by molar-refractivity contribution is 7.89. The van der Waals surface area contributed by atoms with Gasteiger partial charge in [-0.2, -0.15) is 0 Å². The third-order valence-corrected chi connectivity index (χ3v) is 7.95. The largest absolute Gasteiger partial charge is 0.497 e. The smallest absolute Gasteiger partial charge is 0.303 e. The standard InChI is InChI=1S/C21H30N2O5S/c1-3-10-29(26,27)23-9-7-15(13-21(24)25)17(14-23)12-20-19-5-4-18(28-2)11-16(19)6-8-22-20/h4-5,11,15,17H,3,6-10,12-14H2,1-2H3,(H,24,25)/t15-,17-/m0/s1. The summed E-state index contributed by atoms with van der Waals surface area (Å²) in [6.45, 7) is 3.31. The number of carbonyl (C=O) groups is 1. The molecule has 2 aliphatic rings. The van der Waals surface area contributed by atoms with Crippen LogP contribution >= 0.6 is 0 Å². The number of methoxy groups -OCH3 is 1. The second kappa shape index (κ2) is 9.26. The number of aliphatic imine (C=N–C) groups is 1. The van der Waals surface area contributed by atoms with Crippen LogP contribution in [-0.2, 0) is 21.2 Å². The van der Waals surface area contributed by atoms with E-state index < -0.39 is 16.0 Å². The average Bonchev–Trinajstić information content (AvgIpc) is 2.68. The van der Waals surface area contributed by atoms with Crippen LogP contribution in [0.1, 0.15) is 43.7 Å². The van der Waals surface area contributed by atoms with Crippen molar-refractivity contribution in [2.75, 3.05) is 32.5 Å². The first-order valence-corrected chi connectivity index (χ1v) is 11.8. The maximum atomic E-state index is 12.6. The molecule has 0 unspecified atom stereocenters. The zero-order valence-electron chi connectivity index (χ0n) is 17.1. The first kappa shape index (κ1) is 21.8. The molecule has 0 aromatic heterocycles. The third kappa shape index (κ3) is 5.17. The van der Waals surface area contributed by atoms with Crippen molar-refractivity contribution in [3.63, 3.8) is 0 Å². The molecule has 0 amide bonds. The van der Waals surface area contributed by atoms with Gasteiger partial charge in [-0.25, -0.2) is 12.7 Å². The molecule has 0 saturated carbocycles. The van der Waals surface area contributed by atoms with Crippen LogP contribution in [-0.4, -0.2) is 62.0 Å². The monoisotopic (exact) mass is 422 g/mol. The van der Waals surface area contributed by atoms with E-state index in [1.54, 1.807) is 11.4 Å². The molecule has 0 radical (unpaired) electrons. The Morgan fingerprint density at radius 3 is 2.83 bits per heavy atom. The number of aliphatic carboxylic acids is 1. The number of fused-ring (bicyclic) bond motifs is 1. The van der Waals surface area contributed by atoms with Crippen molar-refractivity contribution < 1.29 is 23.1 Å². The quantitative estimate of drug-likeness (QED) is 0.695. The molecule has 7 nitrogen and oxygen atoms in total. The number of carboxylic acids is 1. The van der Waals surface area contributed by atoms with Crippen LogP contribution in [0.2, 0.25) is 0 Å². The van der Waals surface area contributed by atoms with Crippen molar-refractivity contribution in [2.45, 2.75) is 39.0 Å². The van der Waals surface area contributed by atoms with Gasteiger partial charge in [-0.05, 0) is 66.8 Å². The summed E-state index contributed by atoms with van der Waals surface area (Å²) in [4.78, 5) is 16.1. The van der Waals surface area contributed by atoms with Gasteiger partial charge in [-0.15, -0.1) is 0 Å². The van der Waals surface area contributed by atoms with Crippen LogP contribution in [0.25, 0.3) is 0 Å². The Morgan fingerprint density at radius 2 is 2.14 bits per heavy atom. The molecule has 1 fully saturated rings. The number of piperidine rings is 1. The van der Waals surface area contributed by atoms with Crippen LogP contribution in [0.3, 0.4) is 0 Å². The summed E-state index contributed by atoms with van der Waals surface area (Å²) in [6.07, 6.45) is 2.65. The van der Waals surface area contributed by atoms with Gasteiger partial charge in [-0.1, -0.05) is 6.92 Å². The van der Waals surface area contributed by atoms with E-state index in [9.17, 15) is 18.3 Å². The summed E-state index contributed by atoms with van der Waals surface area (Å²) >= 11 is 0. The lowest BCUT2D eigenvalue weighted by Gasteiger charge is -2.38. The minimum atomic E-state index is -3.30. The summed E-state index contributed by atoms with van der Waals surface area (Å²) in [7, 11) is -1.66. The molecule has 0 bridgehead atoms. The molecular formula is C21H30N2O5S. The van der Waals surface area contributed by atoms with Crippen molar-refractivity contribution in [3.8, 4) is 5.75 Å². The first-order valence-electron chi connectivity index (χ1n) is 10.2. The second-order valence-electron chi connectivity index (χ2n) is 7.89. The molecule has 2 atom stereocenters. The van der Waals surface area contributed by atoms with Gasteiger partial charge in [0.2, 0.25) is 10.0 Å². The van der Waals surface area contributed by atoms with Crippen molar-refractivity contribution in [1.82, 2.24) is 4.31 Å². The molecule has 160 valence electrons. The predicted octanol–water partition coefficient (Wildman–Crippen LogP) is 2.58. The highest BCUT2D eigenvalue weighted by atomic mass is 32.2. The van der Waals surface area contributed by atoms with Crippen LogP contribution < -0.4 is 4.74 Å². The Bertz CT molecular complexity index is 881. The van der Waals surface area contributed by atoms with E-state index in [2.05, 4.69) is 0 Å². The van der Waals surface area contributed by atoms with Crippen molar-refractivity contribution in [2.24, 2.45) is 16.8 Å². The first-order chi connectivity index (χ1) is 13.8. The highest BCUT2D eigenvalue weighted by Gasteiger charge is 2.36. The van der Waals surface area contributed by atoms with Crippen LogP contribution in [0.15, 0.2) is 23.2 Å². The molecule has 0 aliphatic carbocycles. The number of benzene rings is 1. The van der Waals surface area contributed by atoms with E-state index in [0.29, 0.717) is 38.9 Å². The zero-order chi connectivity index (χ0) is 21.0. The Hall–Kier alpha value is -1.93. The minimum absolute atomic E-state index is 0.0492. The molecule has 29 heavy (non-hydrogen) atoms. The molecular weight excluding hydrogens is 392 g/mol. The second-order valence-corrected chi connectivity index (χ2v) is 9.97. The Labute approximate surface area is 172 Å². The number of sulfonamides is 1. The number of hydrogen-bond donors (Lipinski definition) is 1. The maximum Gasteiger partial charge on any atom is 0.303 e. The van der Waals surface area contributed by atoms with Crippen molar-refractivity contribution in [3.05, 3.63) is 29.3 Å². The Balaban J connectivity index is 1.83.